The normalized spacial score (nSPS) is 11.2. The molecule has 5 nitrogen and oxygen atoms in total. The number of hydrogen-bond acceptors (Lipinski definition) is 4. The summed E-state index contributed by atoms with van der Waals surface area (Å²) in [7, 11) is 0. The highest BCUT2D eigenvalue weighted by Crippen LogP contribution is 2.27. The molecule has 2 aromatic carbocycles. The van der Waals surface area contributed by atoms with Gasteiger partial charge in [0, 0.05) is 17.7 Å². The number of carbonyl (C=O) groups is 2. The SMILES string of the molecule is C/C=C/N=C(Nc1ccc(-c2ccc(C(=O)C(CCCC)C(C)C)cc2)cc1F)SC.C=CCF.CCC.O=CO. The average Bonchev–Trinajstić information content (AvgIpc) is 2.97. The third kappa shape index (κ3) is 17.2. The molecule has 8 heteroatoms. The molecule has 41 heavy (non-hydrogen) atoms. The Kier molecular flexibility index (Phi) is 25.0. The summed E-state index contributed by atoms with van der Waals surface area (Å²) in [6, 6.07) is 12.6. The van der Waals surface area contributed by atoms with E-state index >= 15 is 0 Å². The Morgan fingerprint density at radius 2 is 1.66 bits per heavy atom. The maximum absolute atomic E-state index is 14.7. The lowest BCUT2D eigenvalue weighted by Crippen LogP contribution is -2.20. The smallest absolute Gasteiger partial charge is 0.290 e. The number of nitrogens with one attached hydrogen (secondary N) is 1. The first-order valence-corrected chi connectivity index (χ1v) is 15.1. The minimum Gasteiger partial charge on any atom is -0.483 e. The number of carboxylic acid groups (broad SMARTS) is 1. The van der Waals surface area contributed by atoms with E-state index in [2.05, 4.69) is 51.5 Å². The van der Waals surface area contributed by atoms with Gasteiger partial charge in [0.05, 0.1) is 5.69 Å². The fraction of sp³-hybridized carbons (Fsp3) is 0.424. The largest absolute Gasteiger partial charge is 0.483 e. The van der Waals surface area contributed by atoms with E-state index < -0.39 is 6.67 Å². The van der Waals surface area contributed by atoms with Crippen LogP contribution < -0.4 is 5.32 Å². The highest BCUT2D eigenvalue weighted by Gasteiger charge is 2.22. The Morgan fingerprint density at radius 1 is 1.12 bits per heavy atom. The van der Waals surface area contributed by atoms with E-state index in [0.29, 0.717) is 16.8 Å². The number of hydrogen-bond donors (Lipinski definition) is 2. The molecule has 2 rings (SSSR count). The molecule has 0 saturated heterocycles. The second kappa shape index (κ2) is 25.7. The molecule has 0 amide bonds. The minimum absolute atomic E-state index is 0.0449. The van der Waals surface area contributed by atoms with E-state index in [4.69, 9.17) is 9.90 Å². The van der Waals surface area contributed by atoms with Crippen LogP contribution >= 0.6 is 11.8 Å². The molecule has 2 N–H and O–H groups in total. The van der Waals surface area contributed by atoms with Gasteiger partial charge in [0.25, 0.3) is 6.47 Å². The first-order valence-electron chi connectivity index (χ1n) is 13.8. The van der Waals surface area contributed by atoms with Crippen LogP contribution in [0.1, 0.15) is 77.6 Å². The molecule has 0 aliphatic heterocycles. The van der Waals surface area contributed by atoms with E-state index in [0.717, 1.165) is 36.0 Å². The van der Waals surface area contributed by atoms with Gasteiger partial charge in [-0.1, -0.05) is 108 Å². The predicted molar refractivity (Wildman–Crippen MR) is 174 cm³/mol. The van der Waals surface area contributed by atoms with Gasteiger partial charge in [0.15, 0.2) is 11.0 Å². The third-order valence-electron chi connectivity index (χ3n) is 5.37. The van der Waals surface area contributed by atoms with Gasteiger partial charge in [-0.05, 0) is 48.8 Å². The van der Waals surface area contributed by atoms with Crippen molar-refractivity contribution >= 4 is 34.9 Å². The van der Waals surface area contributed by atoms with E-state index in [-0.39, 0.29) is 24.0 Å². The quantitative estimate of drug-likeness (QED) is 0.0946. The molecule has 1 unspecified atom stereocenters. The molecule has 0 aliphatic rings. The fourth-order valence-corrected chi connectivity index (χ4v) is 3.80. The van der Waals surface area contributed by atoms with Crippen molar-refractivity contribution in [3.8, 4) is 11.1 Å². The number of allylic oxidation sites excluding steroid dienone is 2. The van der Waals surface area contributed by atoms with Crippen LogP contribution in [-0.4, -0.2) is 35.5 Å². The lowest BCUT2D eigenvalue weighted by molar-refractivity contribution is -0.122. The number of rotatable bonds is 10. The number of amidine groups is 1. The van der Waals surface area contributed by atoms with Crippen molar-refractivity contribution in [1.29, 1.82) is 0 Å². The summed E-state index contributed by atoms with van der Waals surface area (Å²) in [5, 5.41) is 10.5. The van der Waals surface area contributed by atoms with E-state index in [1.165, 1.54) is 30.3 Å². The van der Waals surface area contributed by atoms with Gasteiger partial charge in [0.2, 0.25) is 0 Å². The number of ketones is 1. The first kappa shape index (κ1) is 39.9. The van der Waals surface area contributed by atoms with Crippen molar-refractivity contribution in [2.24, 2.45) is 16.8 Å². The lowest BCUT2D eigenvalue weighted by Gasteiger charge is -2.19. The van der Waals surface area contributed by atoms with Crippen LogP contribution in [0, 0.1) is 17.7 Å². The molecular formula is C33H48F2N2O3S. The number of Topliss-reactive ketones (excluding diaryl/α,β-unsaturated/α-hetero) is 1. The molecular weight excluding hydrogens is 542 g/mol. The summed E-state index contributed by atoms with van der Waals surface area (Å²) in [6.45, 7) is 14.9. The van der Waals surface area contributed by atoms with Gasteiger partial charge in [-0.15, -0.1) is 6.58 Å². The number of halogens is 2. The van der Waals surface area contributed by atoms with Gasteiger partial charge < -0.3 is 10.4 Å². The van der Waals surface area contributed by atoms with Crippen LogP contribution in [0.5, 0.6) is 0 Å². The van der Waals surface area contributed by atoms with Crippen LogP contribution in [0.3, 0.4) is 0 Å². The number of aliphatic imine (C=N–C) groups is 1. The molecule has 0 radical (unpaired) electrons. The standard InChI is InChI=1S/C26H33FN2OS.C3H5F.C3H8.CH2O2/c1-6-8-9-22(18(3)4)25(30)20-12-10-19(11-13-20)21-14-15-24(23(27)17-21)29-26(31-5)28-16-7-2;1-2-3-4;1-3-2;2-1-3/h7,10-18,22H,6,8-9H2,1-5H3,(H,28,29);2H,1,3H2;3H2,1-2H3;1H,(H,2,3)/b16-7+;;;. The minimum atomic E-state index is -0.417. The van der Waals surface area contributed by atoms with E-state index in [1.807, 2.05) is 49.6 Å². The molecule has 0 heterocycles. The maximum Gasteiger partial charge on any atom is 0.290 e. The predicted octanol–water partition coefficient (Wildman–Crippen LogP) is 10.1. The Labute approximate surface area is 250 Å². The second-order valence-electron chi connectivity index (χ2n) is 9.13. The van der Waals surface area contributed by atoms with E-state index in [9.17, 15) is 13.6 Å². The van der Waals surface area contributed by atoms with Crippen molar-refractivity contribution in [2.45, 2.75) is 67.2 Å². The topological polar surface area (TPSA) is 78.8 Å². The number of carbonyl (C=O) groups excluding carboxylic acids is 1. The summed E-state index contributed by atoms with van der Waals surface area (Å²) in [4.78, 5) is 25.6. The summed E-state index contributed by atoms with van der Waals surface area (Å²) >= 11 is 1.42. The fourth-order valence-electron chi connectivity index (χ4n) is 3.42. The van der Waals surface area contributed by atoms with Crippen LogP contribution in [-0.2, 0) is 4.79 Å². The summed E-state index contributed by atoms with van der Waals surface area (Å²) < 4.78 is 25.3. The van der Waals surface area contributed by atoms with Crippen molar-refractivity contribution in [3.05, 3.63) is 78.8 Å². The third-order valence-corrected chi connectivity index (χ3v) is 5.96. The highest BCUT2D eigenvalue weighted by molar-refractivity contribution is 8.13. The molecule has 0 saturated carbocycles. The molecule has 0 aliphatic carbocycles. The summed E-state index contributed by atoms with van der Waals surface area (Å²) in [5.74, 6) is 0.212. The Bertz CT molecular complexity index is 1050. The zero-order valence-electron chi connectivity index (χ0n) is 25.6. The Morgan fingerprint density at radius 3 is 2.07 bits per heavy atom. The molecule has 0 fully saturated rings. The highest BCUT2D eigenvalue weighted by atomic mass is 32.2. The summed E-state index contributed by atoms with van der Waals surface area (Å²) in [6.07, 6.45) is 10.9. The van der Waals surface area contributed by atoms with Crippen LogP contribution in [0.15, 0.2) is 72.4 Å². The first-order chi connectivity index (χ1) is 19.6. The van der Waals surface area contributed by atoms with Gasteiger partial charge in [0.1, 0.15) is 12.5 Å². The molecule has 0 aromatic heterocycles. The van der Waals surface area contributed by atoms with Crippen molar-refractivity contribution in [2.75, 3.05) is 18.2 Å². The summed E-state index contributed by atoms with van der Waals surface area (Å²) in [5.41, 5.74) is 2.75. The number of anilines is 1. The molecule has 0 spiro atoms. The van der Waals surface area contributed by atoms with Crippen molar-refractivity contribution in [3.63, 3.8) is 0 Å². The number of thioether (sulfide) groups is 1. The number of alkyl halides is 1. The van der Waals surface area contributed by atoms with Gasteiger partial charge >= 0.3 is 0 Å². The van der Waals surface area contributed by atoms with Crippen LogP contribution in [0.2, 0.25) is 0 Å². The van der Waals surface area contributed by atoms with E-state index in [1.54, 1.807) is 12.3 Å². The zero-order valence-corrected chi connectivity index (χ0v) is 26.4. The lowest BCUT2D eigenvalue weighted by atomic mass is 9.84. The Hall–Kier alpha value is -3.26. The maximum atomic E-state index is 14.7. The van der Waals surface area contributed by atoms with Gasteiger partial charge in [-0.2, -0.15) is 0 Å². The molecule has 1 atom stereocenters. The second-order valence-corrected chi connectivity index (χ2v) is 9.93. The molecule has 2 aromatic rings. The molecule has 0 bridgehead atoms. The van der Waals surface area contributed by atoms with Crippen LogP contribution in [0.25, 0.3) is 11.1 Å². The van der Waals surface area contributed by atoms with Crippen molar-refractivity contribution < 1.29 is 23.5 Å². The Balaban J connectivity index is 0. The number of unbranched alkanes of at least 4 members (excludes halogenated alkanes) is 1. The number of benzene rings is 2. The van der Waals surface area contributed by atoms with Gasteiger partial charge in [-0.3, -0.25) is 9.59 Å². The monoisotopic (exact) mass is 590 g/mol. The zero-order chi connectivity index (χ0) is 31.6. The van der Waals surface area contributed by atoms with Gasteiger partial charge in [-0.25, -0.2) is 13.8 Å². The van der Waals surface area contributed by atoms with Crippen LogP contribution in [0.4, 0.5) is 14.5 Å². The molecule has 228 valence electrons. The number of nitrogens with zero attached hydrogens (tertiary/aromatic N) is 1. The average molecular weight is 591 g/mol. The van der Waals surface area contributed by atoms with Crippen molar-refractivity contribution in [1.82, 2.24) is 0 Å².